The van der Waals surface area contributed by atoms with Crippen LogP contribution in [0.5, 0.6) is 5.75 Å². The highest BCUT2D eigenvalue weighted by molar-refractivity contribution is 7.12. The summed E-state index contributed by atoms with van der Waals surface area (Å²) in [6, 6.07) is 17.6. The molecule has 14 heteroatoms. The number of hydrogen-bond donors (Lipinski definition) is 6. The molecule has 0 aliphatic heterocycles. The lowest BCUT2D eigenvalue weighted by Gasteiger charge is -2.35. The second-order valence-electron chi connectivity index (χ2n) is 14.1. The number of carbonyl (C=O) groups is 1. The van der Waals surface area contributed by atoms with Gasteiger partial charge in [0.1, 0.15) is 5.75 Å². The van der Waals surface area contributed by atoms with Crippen LogP contribution in [0.2, 0.25) is 0 Å². The molecule has 1 saturated carbocycles. The number of H-pyrrole nitrogens is 1. The molecular weight excluding hydrogens is 729 g/mol. The van der Waals surface area contributed by atoms with Gasteiger partial charge in [-0.3, -0.25) is 9.36 Å². The van der Waals surface area contributed by atoms with Gasteiger partial charge in [0.25, 0.3) is 0 Å². The minimum atomic E-state index is -2.04. The van der Waals surface area contributed by atoms with Crippen molar-refractivity contribution >= 4 is 50.6 Å². The Balaban J connectivity index is 0.888. The van der Waals surface area contributed by atoms with E-state index in [1.54, 1.807) is 34.2 Å². The van der Waals surface area contributed by atoms with E-state index in [9.17, 15) is 34.8 Å². The standard InChI is InChI=1S/C40H44N4O8S2/c1-43(26-8-6-25(7-9-26)27-16-21-54-37(27)40(51,38(48)49)34-4-2-20-53-34)18-3-19-44-30-12-5-24(22-33(30)52-39(44)50)15-17-41-23-32(46)28-10-13-31(45)36-29(28)11-14-35(47)42-36/h2,4-5,10-14,16,20-22,25-26,32,41,45-46,51H,3,6-9,15,17-19,23H2,1H3,(H,42,47)(H,48,49)/t25?,26?,32-,40?/m0/s1. The van der Waals surface area contributed by atoms with Gasteiger partial charge >= 0.3 is 11.7 Å². The number of aromatic hydroxyl groups is 1. The number of carboxylic acids is 1. The monoisotopic (exact) mass is 772 g/mol. The summed E-state index contributed by atoms with van der Waals surface area (Å²) in [7, 11) is 2.12. The van der Waals surface area contributed by atoms with E-state index in [0.29, 0.717) is 57.4 Å². The first-order chi connectivity index (χ1) is 26.0. The van der Waals surface area contributed by atoms with Gasteiger partial charge in [0.05, 0.1) is 26.9 Å². The molecule has 0 amide bonds. The van der Waals surface area contributed by atoms with Gasteiger partial charge in [-0.15, -0.1) is 22.7 Å². The highest BCUT2D eigenvalue weighted by Gasteiger charge is 2.45. The van der Waals surface area contributed by atoms with Crippen LogP contribution in [0.1, 0.15) is 70.6 Å². The van der Waals surface area contributed by atoms with Crippen LogP contribution < -0.4 is 16.6 Å². The number of benzene rings is 2. The zero-order chi connectivity index (χ0) is 38.0. The van der Waals surface area contributed by atoms with Crippen LogP contribution in [0.3, 0.4) is 0 Å². The Kier molecular flexibility index (Phi) is 11.2. The first-order valence-electron chi connectivity index (χ1n) is 18.2. The number of aromatic nitrogens is 2. The van der Waals surface area contributed by atoms with Crippen molar-refractivity contribution in [2.75, 3.05) is 26.7 Å². The second kappa shape index (κ2) is 16.0. The van der Waals surface area contributed by atoms with Crippen LogP contribution in [-0.4, -0.2) is 73.6 Å². The largest absolute Gasteiger partial charge is 0.506 e. The van der Waals surface area contributed by atoms with E-state index in [1.807, 2.05) is 29.6 Å². The van der Waals surface area contributed by atoms with Crippen molar-refractivity contribution in [1.29, 1.82) is 0 Å². The van der Waals surface area contributed by atoms with Gasteiger partial charge in [-0.25, -0.2) is 9.59 Å². The second-order valence-corrected chi connectivity index (χ2v) is 16.0. The Morgan fingerprint density at radius 2 is 1.89 bits per heavy atom. The van der Waals surface area contributed by atoms with Gasteiger partial charge in [0.15, 0.2) is 5.58 Å². The van der Waals surface area contributed by atoms with Crippen LogP contribution in [-0.2, 0) is 23.4 Å². The summed E-state index contributed by atoms with van der Waals surface area (Å²) >= 11 is 2.56. The molecule has 0 radical (unpaired) electrons. The van der Waals surface area contributed by atoms with E-state index in [2.05, 4.69) is 22.2 Å². The molecule has 0 saturated heterocycles. The predicted molar refractivity (Wildman–Crippen MR) is 210 cm³/mol. The number of pyridine rings is 1. The Morgan fingerprint density at radius 3 is 2.65 bits per heavy atom. The number of aliphatic hydroxyl groups excluding tert-OH is 1. The number of phenols is 1. The highest BCUT2D eigenvalue weighted by atomic mass is 32.1. The normalized spacial score (nSPS) is 18.0. The molecule has 2 atom stereocenters. The summed E-state index contributed by atoms with van der Waals surface area (Å²) in [5.74, 6) is -1.51. The number of oxazole rings is 1. The van der Waals surface area contributed by atoms with Gasteiger partial charge in [0.2, 0.25) is 11.2 Å². The molecule has 0 bridgehead atoms. The molecule has 1 fully saturated rings. The van der Waals surface area contributed by atoms with E-state index in [-0.39, 0.29) is 29.5 Å². The lowest BCUT2D eigenvalue weighted by atomic mass is 9.79. The number of nitrogens with zero attached hydrogens (tertiary/aromatic N) is 2. The molecule has 2 aromatic carbocycles. The van der Waals surface area contributed by atoms with Crippen LogP contribution in [0.4, 0.5) is 0 Å². The minimum Gasteiger partial charge on any atom is -0.506 e. The number of hydrogen-bond acceptors (Lipinski definition) is 11. The van der Waals surface area contributed by atoms with Crippen molar-refractivity contribution in [3.63, 3.8) is 0 Å². The summed E-state index contributed by atoms with van der Waals surface area (Å²) in [4.78, 5) is 42.8. The molecule has 0 spiro atoms. The summed E-state index contributed by atoms with van der Waals surface area (Å²) in [5, 5.41) is 50.0. The molecular formula is C40H44N4O8S2. The SMILES string of the molecule is CN(CCCn1c(=O)oc2cc(CCNC[C@H](O)c3ccc(O)c4[nH]c(=O)ccc34)ccc21)C1CCC(c2ccsc2C(O)(C(=O)O)c2cccs2)CC1. The number of aryl methyl sites for hydroxylation is 1. The quantitative estimate of drug-likeness (QED) is 0.0730. The number of rotatable bonds is 15. The minimum absolute atomic E-state index is 0.0547. The van der Waals surface area contributed by atoms with Crippen molar-refractivity contribution < 1.29 is 29.6 Å². The zero-order valence-electron chi connectivity index (χ0n) is 29.9. The van der Waals surface area contributed by atoms with E-state index < -0.39 is 17.7 Å². The maximum Gasteiger partial charge on any atom is 0.419 e. The number of aromatic amines is 1. The number of fused-ring (bicyclic) bond motifs is 2. The Labute approximate surface area is 318 Å². The number of aliphatic hydroxyl groups is 2. The van der Waals surface area contributed by atoms with Gasteiger partial charge in [-0.1, -0.05) is 18.2 Å². The fourth-order valence-electron chi connectivity index (χ4n) is 7.83. The molecule has 1 aliphatic rings. The smallest absolute Gasteiger partial charge is 0.419 e. The molecule has 284 valence electrons. The van der Waals surface area contributed by atoms with E-state index in [1.165, 1.54) is 34.8 Å². The summed E-state index contributed by atoms with van der Waals surface area (Å²) in [5.41, 5.74) is 1.73. The van der Waals surface area contributed by atoms with Crippen molar-refractivity contribution in [3.8, 4) is 5.75 Å². The molecule has 6 N–H and O–H groups in total. The number of carboxylic acid groups (broad SMARTS) is 1. The van der Waals surface area contributed by atoms with Gasteiger partial charge in [-0.05, 0) is 128 Å². The fraction of sp³-hybridized carbons (Fsp3) is 0.375. The first kappa shape index (κ1) is 37.7. The Bertz CT molecular complexity index is 2350. The number of thiophene rings is 2. The first-order valence-corrected chi connectivity index (χ1v) is 19.9. The van der Waals surface area contributed by atoms with E-state index >= 15 is 0 Å². The Morgan fingerprint density at radius 1 is 1.07 bits per heavy atom. The fourth-order valence-corrected chi connectivity index (χ4v) is 9.81. The van der Waals surface area contributed by atoms with Gasteiger partial charge in [-0.2, -0.15) is 0 Å². The van der Waals surface area contributed by atoms with Gasteiger partial charge < -0.3 is 40.0 Å². The molecule has 4 aromatic heterocycles. The summed E-state index contributed by atoms with van der Waals surface area (Å²) in [6.45, 7) is 2.18. The number of phenolic OH excluding ortho intramolecular Hbond substituents is 1. The molecule has 4 heterocycles. The van der Waals surface area contributed by atoms with E-state index in [0.717, 1.165) is 55.3 Å². The third-order valence-corrected chi connectivity index (χ3v) is 12.8. The lowest BCUT2D eigenvalue weighted by molar-refractivity contribution is -0.154. The maximum absolute atomic E-state index is 12.8. The van der Waals surface area contributed by atoms with Crippen LogP contribution >= 0.6 is 22.7 Å². The average molecular weight is 773 g/mol. The zero-order valence-corrected chi connectivity index (χ0v) is 31.5. The Hall–Kier alpha value is -4.57. The molecule has 1 unspecified atom stereocenters. The molecule has 6 aromatic rings. The highest BCUT2D eigenvalue weighted by Crippen LogP contribution is 2.44. The maximum atomic E-state index is 12.8. The third-order valence-electron chi connectivity index (χ3n) is 10.8. The van der Waals surface area contributed by atoms with E-state index in [4.69, 9.17) is 4.42 Å². The third kappa shape index (κ3) is 7.54. The van der Waals surface area contributed by atoms with Crippen LogP contribution in [0.25, 0.3) is 22.0 Å². The van der Waals surface area contributed by atoms with Crippen molar-refractivity contribution in [3.05, 3.63) is 119 Å². The predicted octanol–water partition coefficient (Wildman–Crippen LogP) is 5.50. The average Bonchev–Trinajstić information content (AvgIpc) is 3.95. The molecule has 54 heavy (non-hydrogen) atoms. The molecule has 7 rings (SSSR count). The van der Waals surface area contributed by atoms with Crippen LogP contribution in [0.15, 0.2) is 85.4 Å². The summed E-state index contributed by atoms with van der Waals surface area (Å²) in [6.07, 6.45) is 4.30. The van der Waals surface area contributed by atoms with Crippen molar-refractivity contribution in [1.82, 2.24) is 19.8 Å². The number of nitrogens with one attached hydrogen (secondary N) is 2. The number of aliphatic carboxylic acids is 1. The van der Waals surface area contributed by atoms with Crippen molar-refractivity contribution in [2.45, 2.75) is 68.7 Å². The molecule has 12 nitrogen and oxygen atoms in total. The molecule has 1 aliphatic carbocycles. The lowest BCUT2D eigenvalue weighted by Crippen LogP contribution is -2.38. The topological polar surface area (TPSA) is 181 Å². The van der Waals surface area contributed by atoms with Crippen molar-refractivity contribution in [2.24, 2.45) is 0 Å². The van der Waals surface area contributed by atoms with Crippen LogP contribution in [0, 0.1) is 0 Å². The van der Waals surface area contributed by atoms with Gasteiger partial charge in [0, 0.05) is 30.6 Å². The summed E-state index contributed by atoms with van der Waals surface area (Å²) < 4.78 is 7.31.